The Bertz CT molecular complexity index is 458. The molecule has 1 aromatic rings. The molecule has 112 valence electrons. The van der Waals surface area contributed by atoms with E-state index in [2.05, 4.69) is 15.6 Å². The summed E-state index contributed by atoms with van der Waals surface area (Å²) in [7, 11) is 0. The second-order valence-corrected chi connectivity index (χ2v) is 4.17. The molecule has 0 saturated carbocycles. The van der Waals surface area contributed by atoms with Crippen LogP contribution >= 0.6 is 0 Å². The zero-order valence-electron chi connectivity index (χ0n) is 11.9. The largest absolute Gasteiger partial charge is 0.461 e. The predicted molar refractivity (Wildman–Crippen MR) is 71.8 cm³/mol. The summed E-state index contributed by atoms with van der Waals surface area (Å²) in [6.45, 7) is 4.65. The highest BCUT2D eigenvalue weighted by Crippen LogP contribution is 2.06. The van der Waals surface area contributed by atoms with Crippen molar-refractivity contribution < 1.29 is 14.3 Å². The van der Waals surface area contributed by atoms with Crippen molar-refractivity contribution in [1.82, 2.24) is 20.3 Å². The van der Waals surface area contributed by atoms with Gasteiger partial charge in [-0.1, -0.05) is 18.6 Å². The number of esters is 1. The third kappa shape index (κ3) is 4.30. The molecular formula is C12H21N5O3. The molecule has 1 rings (SSSR count). The van der Waals surface area contributed by atoms with Crippen LogP contribution in [-0.2, 0) is 22.6 Å². The van der Waals surface area contributed by atoms with Crippen molar-refractivity contribution in [2.75, 3.05) is 13.2 Å². The van der Waals surface area contributed by atoms with E-state index in [4.69, 9.17) is 10.5 Å². The zero-order valence-corrected chi connectivity index (χ0v) is 11.9. The highest BCUT2D eigenvalue weighted by Gasteiger charge is 2.20. The van der Waals surface area contributed by atoms with Crippen LogP contribution in [0, 0.1) is 0 Å². The number of unbranched alkanes of at least 4 members (excludes halogenated alkanes) is 1. The van der Waals surface area contributed by atoms with Crippen molar-refractivity contribution >= 4 is 11.9 Å². The Kier molecular flexibility index (Phi) is 6.65. The average molecular weight is 283 g/mol. The topological polar surface area (TPSA) is 112 Å². The maximum atomic E-state index is 11.7. The Morgan fingerprint density at radius 1 is 1.40 bits per heavy atom. The van der Waals surface area contributed by atoms with Gasteiger partial charge < -0.3 is 15.8 Å². The molecular weight excluding hydrogens is 262 g/mol. The summed E-state index contributed by atoms with van der Waals surface area (Å²) in [6, 6.07) is 0. The summed E-state index contributed by atoms with van der Waals surface area (Å²) in [4.78, 5) is 23.3. The summed E-state index contributed by atoms with van der Waals surface area (Å²) in [6.07, 6.45) is 1.92. The smallest absolute Gasteiger partial charge is 0.360 e. The molecule has 1 heterocycles. The summed E-state index contributed by atoms with van der Waals surface area (Å²) in [5, 5.41) is 10.3. The molecule has 0 saturated heterocycles. The normalized spacial score (nSPS) is 10.3. The van der Waals surface area contributed by atoms with Gasteiger partial charge in [0.05, 0.1) is 12.3 Å². The van der Waals surface area contributed by atoms with Crippen LogP contribution in [0.5, 0.6) is 0 Å². The van der Waals surface area contributed by atoms with Crippen LogP contribution in [0.15, 0.2) is 0 Å². The first-order valence-corrected chi connectivity index (χ1v) is 6.70. The van der Waals surface area contributed by atoms with Gasteiger partial charge in [-0.3, -0.25) is 4.79 Å². The number of aromatic nitrogens is 3. The fourth-order valence-electron chi connectivity index (χ4n) is 1.62. The molecule has 0 fully saturated rings. The first-order valence-electron chi connectivity index (χ1n) is 6.70. The molecule has 0 aliphatic heterocycles. The Morgan fingerprint density at radius 2 is 2.15 bits per heavy atom. The molecule has 20 heavy (non-hydrogen) atoms. The lowest BCUT2D eigenvalue weighted by Gasteiger charge is -2.07. The van der Waals surface area contributed by atoms with E-state index in [0.717, 1.165) is 12.8 Å². The van der Waals surface area contributed by atoms with Crippen LogP contribution in [0.25, 0.3) is 0 Å². The van der Waals surface area contributed by atoms with Crippen LogP contribution < -0.4 is 11.1 Å². The molecule has 1 aromatic heterocycles. The fraction of sp³-hybridized carbons (Fsp3) is 0.667. The van der Waals surface area contributed by atoms with Gasteiger partial charge in [-0.2, -0.15) is 0 Å². The van der Waals surface area contributed by atoms with Gasteiger partial charge >= 0.3 is 5.97 Å². The second-order valence-electron chi connectivity index (χ2n) is 4.17. The van der Waals surface area contributed by atoms with Gasteiger partial charge in [0.1, 0.15) is 6.54 Å². The first kappa shape index (κ1) is 16.1. The lowest BCUT2D eigenvalue weighted by Crippen LogP contribution is -2.30. The van der Waals surface area contributed by atoms with Gasteiger partial charge in [0.2, 0.25) is 5.91 Å². The maximum absolute atomic E-state index is 11.7. The van der Waals surface area contributed by atoms with Crippen molar-refractivity contribution in [2.24, 2.45) is 5.73 Å². The molecule has 0 spiro atoms. The SMILES string of the molecule is CCCCNC(=O)Cn1nnc(C(=O)OCC)c1CN. The molecule has 0 aliphatic carbocycles. The predicted octanol–water partition coefficient (Wildman–Crippen LogP) is -0.170. The van der Waals surface area contributed by atoms with Crippen LogP contribution in [0.1, 0.15) is 42.9 Å². The highest BCUT2D eigenvalue weighted by molar-refractivity contribution is 5.88. The van der Waals surface area contributed by atoms with Gasteiger partial charge in [0.25, 0.3) is 0 Å². The number of nitrogens with zero attached hydrogens (tertiary/aromatic N) is 3. The quantitative estimate of drug-likeness (QED) is 0.506. The van der Waals surface area contributed by atoms with E-state index in [0.29, 0.717) is 12.2 Å². The molecule has 3 N–H and O–H groups in total. The van der Waals surface area contributed by atoms with Gasteiger partial charge in [-0.05, 0) is 13.3 Å². The Hall–Kier alpha value is -1.96. The van der Waals surface area contributed by atoms with E-state index in [1.807, 2.05) is 6.92 Å². The van der Waals surface area contributed by atoms with Crippen molar-refractivity contribution in [3.63, 3.8) is 0 Å². The van der Waals surface area contributed by atoms with E-state index in [1.165, 1.54) is 4.68 Å². The summed E-state index contributed by atoms with van der Waals surface area (Å²) < 4.78 is 6.18. The Balaban J connectivity index is 2.71. The number of ether oxygens (including phenoxy) is 1. The molecule has 0 unspecified atom stereocenters. The number of nitrogens with two attached hydrogens (primary N) is 1. The van der Waals surface area contributed by atoms with Gasteiger partial charge in [-0.25, -0.2) is 9.48 Å². The summed E-state index contributed by atoms with van der Waals surface area (Å²) in [5.41, 5.74) is 6.05. The van der Waals surface area contributed by atoms with Crippen molar-refractivity contribution in [3.8, 4) is 0 Å². The lowest BCUT2D eigenvalue weighted by atomic mass is 10.3. The van der Waals surface area contributed by atoms with Crippen LogP contribution in [-0.4, -0.2) is 40.0 Å². The molecule has 1 amide bonds. The highest BCUT2D eigenvalue weighted by atomic mass is 16.5. The van der Waals surface area contributed by atoms with Crippen molar-refractivity contribution in [3.05, 3.63) is 11.4 Å². The number of hydrogen-bond acceptors (Lipinski definition) is 6. The molecule has 0 radical (unpaired) electrons. The van der Waals surface area contributed by atoms with Crippen molar-refractivity contribution in [1.29, 1.82) is 0 Å². The van der Waals surface area contributed by atoms with E-state index >= 15 is 0 Å². The third-order valence-electron chi connectivity index (χ3n) is 2.65. The minimum Gasteiger partial charge on any atom is -0.461 e. The Morgan fingerprint density at radius 3 is 2.75 bits per heavy atom. The third-order valence-corrected chi connectivity index (χ3v) is 2.65. The molecule has 8 heteroatoms. The van der Waals surface area contributed by atoms with Crippen LogP contribution in [0.3, 0.4) is 0 Å². The minimum atomic E-state index is -0.578. The van der Waals surface area contributed by atoms with E-state index in [9.17, 15) is 9.59 Å². The molecule has 0 aromatic carbocycles. The van der Waals surface area contributed by atoms with E-state index < -0.39 is 5.97 Å². The number of carbonyl (C=O) groups is 2. The van der Waals surface area contributed by atoms with E-state index in [-0.39, 0.29) is 31.3 Å². The zero-order chi connectivity index (χ0) is 15.0. The number of amides is 1. The average Bonchev–Trinajstić information content (AvgIpc) is 2.82. The van der Waals surface area contributed by atoms with Gasteiger partial charge in [0.15, 0.2) is 5.69 Å². The number of hydrogen-bond donors (Lipinski definition) is 2. The van der Waals surface area contributed by atoms with E-state index in [1.54, 1.807) is 6.92 Å². The first-order chi connectivity index (χ1) is 9.63. The number of rotatable bonds is 8. The fourth-order valence-corrected chi connectivity index (χ4v) is 1.62. The standard InChI is InChI=1S/C12H21N5O3/c1-3-5-6-14-10(18)8-17-9(7-13)11(15-16-17)12(19)20-4-2/h3-8,13H2,1-2H3,(H,14,18). The second kappa shape index (κ2) is 8.26. The van der Waals surface area contributed by atoms with Crippen LogP contribution in [0.2, 0.25) is 0 Å². The van der Waals surface area contributed by atoms with Crippen molar-refractivity contribution in [2.45, 2.75) is 39.8 Å². The van der Waals surface area contributed by atoms with Gasteiger partial charge in [0, 0.05) is 13.1 Å². The number of nitrogens with one attached hydrogen (secondary N) is 1. The minimum absolute atomic E-state index is 0.0113. The number of carbonyl (C=O) groups excluding carboxylic acids is 2. The van der Waals surface area contributed by atoms with Crippen LogP contribution in [0.4, 0.5) is 0 Å². The maximum Gasteiger partial charge on any atom is 0.360 e. The molecule has 8 nitrogen and oxygen atoms in total. The lowest BCUT2D eigenvalue weighted by molar-refractivity contribution is -0.121. The summed E-state index contributed by atoms with van der Waals surface area (Å²) in [5.74, 6) is -0.765. The molecule has 0 atom stereocenters. The van der Waals surface area contributed by atoms with Gasteiger partial charge in [-0.15, -0.1) is 5.10 Å². The monoisotopic (exact) mass is 283 g/mol. The summed E-state index contributed by atoms with van der Waals surface area (Å²) >= 11 is 0. The molecule has 0 aliphatic rings. The molecule has 0 bridgehead atoms. The Labute approximate surface area is 117 Å².